The van der Waals surface area contributed by atoms with Gasteiger partial charge in [-0.3, -0.25) is 0 Å². The van der Waals surface area contributed by atoms with E-state index in [1.54, 1.807) is 6.20 Å². The summed E-state index contributed by atoms with van der Waals surface area (Å²) in [6.07, 6.45) is 4.18. The van der Waals surface area contributed by atoms with E-state index in [-0.39, 0.29) is 5.97 Å². The van der Waals surface area contributed by atoms with E-state index in [0.717, 1.165) is 17.6 Å². The molecule has 0 atom stereocenters. The molecular weight excluding hydrogens is 228 g/mol. The Kier molecular flexibility index (Phi) is 2.40. The number of aromatic nitrogens is 2. The molecule has 1 fully saturated rings. The second-order valence-corrected chi connectivity index (χ2v) is 5.33. The molecule has 0 spiro atoms. The van der Waals surface area contributed by atoms with Crippen LogP contribution >= 0.6 is 0 Å². The molecule has 1 saturated carbocycles. The van der Waals surface area contributed by atoms with Gasteiger partial charge in [-0.25, -0.2) is 9.78 Å². The molecule has 0 amide bonds. The Morgan fingerprint density at radius 1 is 1.56 bits per heavy atom. The average Bonchev–Trinajstić information content (AvgIpc) is 3.00. The van der Waals surface area contributed by atoms with Crippen LogP contribution in [0.3, 0.4) is 0 Å². The minimum Gasteiger partial charge on any atom is -0.464 e. The van der Waals surface area contributed by atoms with E-state index in [4.69, 9.17) is 4.74 Å². The van der Waals surface area contributed by atoms with Gasteiger partial charge < -0.3 is 9.30 Å². The molecule has 2 aromatic rings. The molecule has 0 N–H and O–H groups in total. The van der Waals surface area contributed by atoms with Gasteiger partial charge in [-0.15, -0.1) is 0 Å². The van der Waals surface area contributed by atoms with Crippen LogP contribution < -0.4 is 0 Å². The van der Waals surface area contributed by atoms with Crippen LogP contribution in [0.15, 0.2) is 24.4 Å². The number of rotatable bonds is 3. The molecule has 1 aliphatic rings. The highest BCUT2D eigenvalue weighted by atomic mass is 16.5. The quantitative estimate of drug-likeness (QED) is 0.779. The fourth-order valence-electron chi connectivity index (χ4n) is 2.27. The van der Waals surface area contributed by atoms with Crippen molar-refractivity contribution in [3.63, 3.8) is 0 Å². The van der Waals surface area contributed by atoms with Crippen LogP contribution in [0, 0.1) is 5.41 Å². The lowest BCUT2D eigenvalue weighted by Gasteiger charge is -2.13. The third-order valence-electron chi connectivity index (χ3n) is 3.69. The molecule has 2 heterocycles. The molecule has 3 rings (SSSR count). The Bertz CT molecular complexity index is 611. The Morgan fingerprint density at radius 3 is 3.00 bits per heavy atom. The van der Waals surface area contributed by atoms with Gasteiger partial charge in [0.15, 0.2) is 0 Å². The summed E-state index contributed by atoms with van der Waals surface area (Å²) >= 11 is 0. The van der Waals surface area contributed by atoms with Gasteiger partial charge in [-0.1, -0.05) is 6.92 Å². The number of carbonyl (C=O) groups excluding carboxylic acids is 1. The van der Waals surface area contributed by atoms with Crippen molar-refractivity contribution in [3.8, 4) is 0 Å². The third kappa shape index (κ3) is 1.78. The van der Waals surface area contributed by atoms with Crippen LogP contribution in [0.2, 0.25) is 0 Å². The fourth-order valence-corrected chi connectivity index (χ4v) is 2.27. The van der Waals surface area contributed by atoms with E-state index in [2.05, 4.69) is 11.9 Å². The molecule has 0 aliphatic heterocycles. The first-order valence-corrected chi connectivity index (χ1v) is 6.16. The van der Waals surface area contributed by atoms with Gasteiger partial charge in [0.2, 0.25) is 0 Å². The first kappa shape index (κ1) is 11.3. The Balaban J connectivity index is 2.14. The number of pyridine rings is 1. The normalized spacial score (nSPS) is 16.8. The van der Waals surface area contributed by atoms with Crippen LogP contribution in [-0.2, 0) is 11.3 Å². The maximum absolute atomic E-state index is 11.8. The van der Waals surface area contributed by atoms with Gasteiger partial charge in [-0.2, -0.15) is 0 Å². The molecule has 4 nitrogen and oxygen atoms in total. The molecule has 94 valence electrons. The van der Waals surface area contributed by atoms with Crippen LogP contribution in [-0.4, -0.2) is 22.6 Å². The van der Waals surface area contributed by atoms with Crippen LogP contribution in [0.5, 0.6) is 0 Å². The lowest BCUT2D eigenvalue weighted by Crippen LogP contribution is -2.15. The summed E-state index contributed by atoms with van der Waals surface area (Å²) in [5, 5.41) is 0.988. The summed E-state index contributed by atoms with van der Waals surface area (Å²) in [5.41, 5.74) is 1.78. The summed E-state index contributed by atoms with van der Waals surface area (Å²) in [7, 11) is 1.41. The van der Waals surface area contributed by atoms with Crippen molar-refractivity contribution in [2.75, 3.05) is 7.11 Å². The minimum absolute atomic E-state index is 0.294. The first-order chi connectivity index (χ1) is 8.63. The minimum atomic E-state index is -0.294. The largest absolute Gasteiger partial charge is 0.464 e. The van der Waals surface area contributed by atoms with Crippen molar-refractivity contribution in [1.29, 1.82) is 0 Å². The van der Waals surface area contributed by atoms with E-state index in [1.807, 2.05) is 22.8 Å². The smallest absolute Gasteiger partial charge is 0.354 e. The number of fused-ring (bicyclic) bond motifs is 1. The predicted octanol–water partition coefficient (Wildman–Crippen LogP) is 2.62. The highest BCUT2D eigenvalue weighted by molar-refractivity contribution is 5.94. The van der Waals surface area contributed by atoms with Crippen LogP contribution in [0.4, 0.5) is 0 Å². The average molecular weight is 244 g/mol. The van der Waals surface area contributed by atoms with Crippen molar-refractivity contribution >= 4 is 17.0 Å². The number of methoxy groups -OCH3 is 1. The second-order valence-electron chi connectivity index (χ2n) is 5.33. The molecular formula is C14H16N2O2. The molecule has 0 aromatic carbocycles. The van der Waals surface area contributed by atoms with Gasteiger partial charge in [0.25, 0.3) is 0 Å². The topological polar surface area (TPSA) is 44.1 Å². The van der Waals surface area contributed by atoms with Gasteiger partial charge in [-0.05, 0) is 36.5 Å². The van der Waals surface area contributed by atoms with Crippen molar-refractivity contribution < 1.29 is 9.53 Å². The first-order valence-electron chi connectivity index (χ1n) is 6.16. The molecule has 0 saturated heterocycles. The Hall–Kier alpha value is -1.84. The number of esters is 1. The maximum Gasteiger partial charge on any atom is 0.354 e. The highest BCUT2D eigenvalue weighted by Gasteiger charge is 2.38. The molecule has 0 radical (unpaired) electrons. The number of ether oxygens (including phenoxy) is 1. The van der Waals surface area contributed by atoms with Crippen molar-refractivity contribution in [2.24, 2.45) is 5.41 Å². The van der Waals surface area contributed by atoms with E-state index in [0.29, 0.717) is 11.1 Å². The van der Waals surface area contributed by atoms with E-state index in [1.165, 1.54) is 20.0 Å². The van der Waals surface area contributed by atoms with Crippen molar-refractivity contribution in [2.45, 2.75) is 26.3 Å². The number of carbonyl (C=O) groups is 1. The second kappa shape index (κ2) is 3.83. The number of nitrogens with zero attached hydrogens (tertiary/aromatic N) is 2. The van der Waals surface area contributed by atoms with Crippen molar-refractivity contribution in [1.82, 2.24) is 9.55 Å². The Morgan fingerprint density at radius 2 is 2.33 bits per heavy atom. The number of hydrogen-bond donors (Lipinski definition) is 0. The van der Waals surface area contributed by atoms with E-state index in [9.17, 15) is 4.79 Å². The summed E-state index contributed by atoms with van der Waals surface area (Å²) in [5.74, 6) is -0.294. The molecule has 0 bridgehead atoms. The zero-order valence-electron chi connectivity index (χ0n) is 10.6. The lowest BCUT2D eigenvalue weighted by molar-refractivity contribution is 0.0587. The standard InChI is InChI=1S/C14H16N2O2/c1-14(5-6-14)9-16-11(13(17)18-2)8-10-4-3-7-15-12(10)16/h3-4,7-8H,5-6,9H2,1-2H3. The van der Waals surface area contributed by atoms with E-state index >= 15 is 0 Å². The predicted molar refractivity (Wildman–Crippen MR) is 68.4 cm³/mol. The van der Waals surface area contributed by atoms with Gasteiger partial charge >= 0.3 is 5.97 Å². The highest BCUT2D eigenvalue weighted by Crippen LogP contribution is 2.47. The third-order valence-corrected chi connectivity index (χ3v) is 3.69. The molecule has 0 unspecified atom stereocenters. The zero-order valence-corrected chi connectivity index (χ0v) is 10.6. The summed E-state index contributed by atoms with van der Waals surface area (Å²) < 4.78 is 6.85. The maximum atomic E-state index is 11.8. The van der Waals surface area contributed by atoms with Crippen LogP contribution in [0.1, 0.15) is 30.3 Å². The fraction of sp³-hybridized carbons (Fsp3) is 0.429. The monoisotopic (exact) mass is 244 g/mol. The van der Waals surface area contributed by atoms with E-state index < -0.39 is 0 Å². The molecule has 18 heavy (non-hydrogen) atoms. The molecule has 2 aromatic heterocycles. The van der Waals surface area contributed by atoms with Gasteiger partial charge in [0.05, 0.1) is 7.11 Å². The summed E-state index contributed by atoms with van der Waals surface area (Å²) in [6, 6.07) is 5.72. The van der Waals surface area contributed by atoms with Crippen LogP contribution in [0.25, 0.3) is 11.0 Å². The molecule has 1 aliphatic carbocycles. The Labute approximate surface area is 106 Å². The summed E-state index contributed by atoms with van der Waals surface area (Å²) in [6.45, 7) is 3.07. The molecule has 4 heteroatoms. The lowest BCUT2D eigenvalue weighted by atomic mass is 10.1. The zero-order chi connectivity index (χ0) is 12.8. The SMILES string of the molecule is COC(=O)c1cc2cccnc2n1CC1(C)CC1. The summed E-state index contributed by atoms with van der Waals surface area (Å²) in [4.78, 5) is 16.2. The van der Waals surface area contributed by atoms with Crippen molar-refractivity contribution in [3.05, 3.63) is 30.1 Å². The number of hydrogen-bond acceptors (Lipinski definition) is 3. The van der Waals surface area contributed by atoms with Gasteiger partial charge in [0, 0.05) is 18.1 Å². The van der Waals surface area contributed by atoms with Gasteiger partial charge in [0.1, 0.15) is 11.3 Å².